The van der Waals surface area contributed by atoms with Gasteiger partial charge in [0.25, 0.3) is 0 Å². The fourth-order valence-electron chi connectivity index (χ4n) is 1.57. The maximum Gasteiger partial charge on any atom is 0.306 e. The lowest BCUT2D eigenvalue weighted by Gasteiger charge is -2.19. The van der Waals surface area contributed by atoms with E-state index in [-0.39, 0.29) is 13.0 Å². The number of benzene rings is 1. The smallest absolute Gasteiger partial charge is 0.306 e. The van der Waals surface area contributed by atoms with Gasteiger partial charge in [-0.25, -0.2) is 0 Å². The summed E-state index contributed by atoms with van der Waals surface area (Å²) in [7, 11) is 0.469. The van der Waals surface area contributed by atoms with Crippen molar-refractivity contribution in [3.05, 3.63) is 23.8 Å². The summed E-state index contributed by atoms with van der Waals surface area (Å²) >= 11 is 0. The number of nitrogens with zero attached hydrogens (tertiary/aromatic N) is 1. The summed E-state index contributed by atoms with van der Waals surface area (Å²) in [6.45, 7) is 1.81. The molecule has 0 aromatic heterocycles. The predicted molar refractivity (Wildman–Crippen MR) is 79.5 cm³/mol. The van der Waals surface area contributed by atoms with Crippen LogP contribution in [-0.2, 0) is 19.7 Å². The van der Waals surface area contributed by atoms with Crippen molar-refractivity contribution in [2.45, 2.75) is 13.3 Å². The van der Waals surface area contributed by atoms with Crippen LogP contribution in [0.5, 0.6) is 5.75 Å². The van der Waals surface area contributed by atoms with Crippen LogP contribution in [0.1, 0.15) is 12.0 Å². The summed E-state index contributed by atoms with van der Waals surface area (Å²) < 4.78 is 37.4. The third-order valence-corrected chi connectivity index (χ3v) is 4.42. The predicted octanol–water partition coefficient (Wildman–Crippen LogP) is 1.16. The zero-order valence-electron chi connectivity index (χ0n) is 12.5. The first-order valence-corrected chi connectivity index (χ1v) is 7.69. The Kier molecular flexibility index (Phi) is 5.98. The number of aryl methyl sites for hydroxylation is 1. The third kappa shape index (κ3) is 4.91. The van der Waals surface area contributed by atoms with Gasteiger partial charge in [-0.05, 0) is 30.7 Å². The minimum absolute atomic E-state index is 0.00446. The van der Waals surface area contributed by atoms with Crippen LogP contribution in [0.4, 0.5) is 5.69 Å². The topological polar surface area (TPSA) is 84.9 Å². The molecule has 1 aromatic carbocycles. The fraction of sp³-hybridized carbons (Fsp3) is 0.462. The summed E-state index contributed by atoms with van der Waals surface area (Å²) in [5, 5.41) is 0. The highest BCUT2D eigenvalue weighted by atomic mass is 32.2. The Balaban J connectivity index is 2.78. The molecule has 0 atom stereocenters. The van der Waals surface area contributed by atoms with Gasteiger partial charge in [-0.3, -0.25) is 9.52 Å². The summed E-state index contributed by atoms with van der Waals surface area (Å²) in [4.78, 5) is 11.0. The van der Waals surface area contributed by atoms with Crippen LogP contribution >= 0.6 is 0 Å². The second kappa shape index (κ2) is 7.28. The van der Waals surface area contributed by atoms with E-state index in [1.165, 1.54) is 14.2 Å². The van der Waals surface area contributed by atoms with Crippen LogP contribution in [0.25, 0.3) is 0 Å². The molecule has 0 saturated carbocycles. The van der Waals surface area contributed by atoms with E-state index in [0.29, 0.717) is 11.4 Å². The van der Waals surface area contributed by atoms with E-state index in [1.54, 1.807) is 32.2 Å². The highest BCUT2D eigenvalue weighted by Crippen LogP contribution is 2.22. The molecule has 0 radical (unpaired) electrons. The molecule has 0 unspecified atom stereocenters. The van der Waals surface area contributed by atoms with Crippen molar-refractivity contribution < 1.29 is 22.7 Å². The number of carbonyl (C=O) groups excluding carboxylic acids is 1. The number of hydrogen-bond donors (Lipinski definition) is 1. The lowest BCUT2D eigenvalue weighted by atomic mass is 10.2. The Morgan fingerprint density at radius 3 is 2.52 bits per heavy atom. The van der Waals surface area contributed by atoms with E-state index >= 15 is 0 Å². The van der Waals surface area contributed by atoms with Crippen molar-refractivity contribution in [3.63, 3.8) is 0 Å². The number of hydrogen-bond acceptors (Lipinski definition) is 5. The van der Waals surface area contributed by atoms with Crippen LogP contribution < -0.4 is 9.46 Å². The average Bonchev–Trinajstić information content (AvgIpc) is 2.46. The normalized spacial score (nSPS) is 11.3. The van der Waals surface area contributed by atoms with Crippen LogP contribution in [-0.4, -0.2) is 46.5 Å². The lowest BCUT2D eigenvalue weighted by molar-refractivity contribution is -0.140. The molecule has 0 fully saturated rings. The number of methoxy groups -OCH3 is 2. The molecule has 0 aliphatic rings. The first-order valence-electron chi connectivity index (χ1n) is 6.25. The second-order valence-corrected chi connectivity index (χ2v) is 6.21. The summed E-state index contributed by atoms with van der Waals surface area (Å²) in [6.07, 6.45) is -0.00446. The Morgan fingerprint density at radius 2 is 2.00 bits per heavy atom. The molecule has 0 spiro atoms. The van der Waals surface area contributed by atoms with Gasteiger partial charge in [-0.2, -0.15) is 12.7 Å². The van der Waals surface area contributed by atoms with E-state index in [1.807, 2.05) is 0 Å². The Morgan fingerprint density at radius 1 is 1.33 bits per heavy atom. The summed E-state index contributed by atoms with van der Waals surface area (Å²) in [5.74, 6) is 0.187. The standard InChI is InChI=1S/C13H20N2O5S/c1-10-9-11(19-3)5-6-12(10)14-21(17,18)15(2)8-7-13(16)20-4/h5-6,9,14H,7-8H2,1-4H3. The van der Waals surface area contributed by atoms with E-state index in [4.69, 9.17) is 4.74 Å². The largest absolute Gasteiger partial charge is 0.497 e. The van der Waals surface area contributed by atoms with Gasteiger partial charge in [0.15, 0.2) is 0 Å². The van der Waals surface area contributed by atoms with Gasteiger partial charge < -0.3 is 9.47 Å². The lowest BCUT2D eigenvalue weighted by Crippen LogP contribution is -2.34. The zero-order valence-corrected chi connectivity index (χ0v) is 13.4. The van der Waals surface area contributed by atoms with Gasteiger partial charge in [-0.15, -0.1) is 0 Å². The molecule has 1 rings (SSSR count). The molecule has 0 aliphatic heterocycles. The van der Waals surface area contributed by atoms with Crippen LogP contribution in [0.2, 0.25) is 0 Å². The van der Waals surface area contributed by atoms with Crippen molar-refractivity contribution in [2.75, 3.05) is 32.5 Å². The number of esters is 1. The van der Waals surface area contributed by atoms with E-state index < -0.39 is 16.2 Å². The van der Waals surface area contributed by atoms with Gasteiger partial charge in [0.2, 0.25) is 0 Å². The number of ether oxygens (including phenoxy) is 2. The molecular formula is C13H20N2O5S. The molecule has 0 saturated heterocycles. The minimum Gasteiger partial charge on any atom is -0.497 e. The molecule has 0 aliphatic carbocycles. The Labute approximate surface area is 125 Å². The molecule has 1 aromatic rings. The van der Waals surface area contributed by atoms with Crippen LogP contribution in [0.3, 0.4) is 0 Å². The second-order valence-electron chi connectivity index (χ2n) is 4.44. The molecule has 8 heteroatoms. The molecule has 0 bridgehead atoms. The van der Waals surface area contributed by atoms with Crippen molar-refractivity contribution in [1.29, 1.82) is 0 Å². The van der Waals surface area contributed by atoms with Gasteiger partial charge in [0.1, 0.15) is 5.75 Å². The highest BCUT2D eigenvalue weighted by molar-refractivity contribution is 7.90. The molecule has 1 N–H and O–H groups in total. The first-order chi connectivity index (χ1) is 9.80. The van der Waals surface area contributed by atoms with Crippen molar-refractivity contribution in [3.8, 4) is 5.75 Å². The molecule has 7 nitrogen and oxygen atoms in total. The van der Waals surface area contributed by atoms with Gasteiger partial charge >= 0.3 is 16.2 Å². The Hall–Kier alpha value is -1.80. The van der Waals surface area contributed by atoms with Gasteiger partial charge in [-0.1, -0.05) is 0 Å². The van der Waals surface area contributed by atoms with Crippen molar-refractivity contribution in [1.82, 2.24) is 4.31 Å². The number of rotatable bonds is 7. The van der Waals surface area contributed by atoms with Gasteiger partial charge in [0.05, 0.1) is 26.3 Å². The Bertz CT molecular complexity index is 601. The van der Waals surface area contributed by atoms with Crippen molar-refractivity contribution >= 4 is 21.9 Å². The molecular weight excluding hydrogens is 296 g/mol. The molecule has 0 heterocycles. The van der Waals surface area contributed by atoms with Crippen LogP contribution in [0, 0.1) is 6.92 Å². The highest BCUT2D eigenvalue weighted by Gasteiger charge is 2.19. The maximum absolute atomic E-state index is 12.1. The third-order valence-electron chi connectivity index (χ3n) is 2.94. The van der Waals surface area contributed by atoms with Crippen LogP contribution in [0.15, 0.2) is 18.2 Å². The number of anilines is 1. The molecule has 21 heavy (non-hydrogen) atoms. The quantitative estimate of drug-likeness (QED) is 0.763. The van der Waals surface area contributed by atoms with Gasteiger partial charge in [0, 0.05) is 13.6 Å². The molecule has 0 amide bonds. The summed E-state index contributed by atoms with van der Waals surface area (Å²) in [6, 6.07) is 5.02. The van der Waals surface area contributed by atoms with E-state index in [0.717, 1.165) is 9.87 Å². The minimum atomic E-state index is -3.72. The number of carbonyl (C=O) groups is 1. The van der Waals surface area contributed by atoms with E-state index in [9.17, 15) is 13.2 Å². The molecule has 118 valence electrons. The van der Waals surface area contributed by atoms with E-state index in [2.05, 4.69) is 9.46 Å². The fourth-order valence-corrected chi connectivity index (χ4v) is 2.56. The van der Waals surface area contributed by atoms with Crippen molar-refractivity contribution in [2.24, 2.45) is 0 Å². The number of nitrogens with one attached hydrogen (secondary N) is 1. The maximum atomic E-state index is 12.1. The monoisotopic (exact) mass is 316 g/mol. The zero-order chi connectivity index (χ0) is 16.0. The average molecular weight is 316 g/mol. The first kappa shape index (κ1) is 17.3. The SMILES string of the molecule is COC(=O)CCN(C)S(=O)(=O)Nc1ccc(OC)cc1C. The summed E-state index contributed by atoms with van der Waals surface area (Å²) in [5.41, 5.74) is 1.19.